The molecule has 0 aliphatic carbocycles. The maximum atomic E-state index is 5.68. The smallest absolute Gasteiger partial charge is 0.213 e. The first-order valence-electron chi connectivity index (χ1n) is 6.57. The number of ether oxygens (including phenoxy) is 3. The van der Waals surface area contributed by atoms with Crippen molar-refractivity contribution in [1.82, 2.24) is 4.98 Å². The van der Waals surface area contributed by atoms with Gasteiger partial charge in [0.15, 0.2) is 0 Å². The highest BCUT2D eigenvalue weighted by Gasteiger charge is 2.06. The van der Waals surface area contributed by atoms with Gasteiger partial charge in [0.2, 0.25) is 5.88 Å². The minimum atomic E-state index is 0.354. The molecule has 1 aromatic heterocycles. The third-order valence-electron chi connectivity index (χ3n) is 2.62. The summed E-state index contributed by atoms with van der Waals surface area (Å²) in [5.74, 6) is 0.966. The highest BCUT2D eigenvalue weighted by atomic mass is 16.5. The van der Waals surface area contributed by atoms with E-state index in [4.69, 9.17) is 19.9 Å². The summed E-state index contributed by atoms with van der Waals surface area (Å²) in [6, 6.07) is 3.90. The van der Waals surface area contributed by atoms with E-state index in [0.29, 0.717) is 44.8 Å². The van der Waals surface area contributed by atoms with Gasteiger partial charge in [0.05, 0.1) is 19.8 Å². The number of pyridine rings is 1. The Bertz CT molecular complexity index is 370. The molecule has 5 nitrogen and oxygen atoms in total. The van der Waals surface area contributed by atoms with E-state index in [0.717, 1.165) is 11.3 Å². The first-order chi connectivity index (χ1) is 9.17. The summed E-state index contributed by atoms with van der Waals surface area (Å²) < 4.78 is 15.8. The van der Waals surface area contributed by atoms with Crippen LogP contribution in [0.5, 0.6) is 5.88 Å². The molecule has 5 heteroatoms. The van der Waals surface area contributed by atoms with Crippen LogP contribution >= 0.6 is 0 Å². The molecule has 0 saturated carbocycles. The van der Waals surface area contributed by atoms with Gasteiger partial charge in [-0.25, -0.2) is 4.98 Å². The molecule has 0 aromatic carbocycles. The maximum absolute atomic E-state index is 5.68. The van der Waals surface area contributed by atoms with E-state index < -0.39 is 0 Å². The van der Waals surface area contributed by atoms with Crippen LogP contribution in [0.25, 0.3) is 0 Å². The number of hydrogen-bond acceptors (Lipinski definition) is 5. The molecule has 0 atom stereocenters. The van der Waals surface area contributed by atoms with Crippen molar-refractivity contribution in [3.05, 3.63) is 23.4 Å². The Morgan fingerprint density at radius 1 is 1.16 bits per heavy atom. The molecule has 0 bridgehead atoms. The third kappa shape index (κ3) is 6.00. The topological polar surface area (TPSA) is 66.6 Å². The summed E-state index contributed by atoms with van der Waals surface area (Å²) >= 11 is 0. The molecule has 0 saturated heterocycles. The van der Waals surface area contributed by atoms with Gasteiger partial charge in [0, 0.05) is 25.4 Å². The van der Waals surface area contributed by atoms with E-state index in [1.807, 2.05) is 12.1 Å². The zero-order valence-corrected chi connectivity index (χ0v) is 12.0. The van der Waals surface area contributed by atoms with E-state index in [1.165, 1.54) is 0 Å². The molecule has 0 unspecified atom stereocenters. The summed E-state index contributed by atoms with van der Waals surface area (Å²) in [4.78, 5) is 4.46. The highest BCUT2D eigenvalue weighted by Crippen LogP contribution is 2.18. The van der Waals surface area contributed by atoms with Crippen LogP contribution in [0.3, 0.4) is 0 Å². The Morgan fingerprint density at radius 3 is 2.53 bits per heavy atom. The molecule has 2 N–H and O–H groups in total. The molecular weight excluding hydrogens is 244 g/mol. The quantitative estimate of drug-likeness (QED) is 0.691. The Kier molecular flexibility index (Phi) is 7.40. The van der Waals surface area contributed by atoms with Gasteiger partial charge < -0.3 is 19.9 Å². The van der Waals surface area contributed by atoms with Gasteiger partial charge in [-0.1, -0.05) is 13.8 Å². The standard InChI is InChI=1S/C14H24N2O3/c1-11(2)13-8-12(10-15)9-14(16-13)19-7-6-18-5-4-17-3/h8-9,11H,4-7,10,15H2,1-3H3. The summed E-state index contributed by atoms with van der Waals surface area (Å²) in [5, 5.41) is 0. The van der Waals surface area contributed by atoms with Crippen molar-refractivity contribution in [2.75, 3.05) is 33.5 Å². The van der Waals surface area contributed by atoms with Gasteiger partial charge in [0.25, 0.3) is 0 Å². The monoisotopic (exact) mass is 268 g/mol. The average molecular weight is 268 g/mol. The fraction of sp³-hybridized carbons (Fsp3) is 0.643. The summed E-state index contributed by atoms with van der Waals surface area (Å²) in [7, 11) is 1.65. The average Bonchev–Trinajstić information content (AvgIpc) is 2.42. The molecule has 0 spiro atoms. The highest BCUT2D eigenvalue weighted by molar-refractivity contribution is 5.26. The number of nitrogens with zero attached hydrogens (tertiary/aromatic N) is 1. The lowest BCUT2D eigenvalue weighted by Gasteiger charge is -2.11. The number of aromatic nitrogens is 1. The van der Waals surface area contributed by atoms with Gasteiger partial charge in [0.1, 0.15) is 6.61 Å². The Morgan fingerprint density at radius 2 is 1.89 bits per heavy atom. The fourth-order valence-corrected chi connectivity index (χ4v) is 1.52. The summed E-state index contributed by atoms with van der Waals surface area (Å²) in [6.07, 6.45) is 0. The molecule has 0 aliphatic heterocycles. The van der Waals surface area contributed by atoms with Crippen molar-refractivity contribution in [3.8, 4) is 5.88 Å². The molecule has 108 valence electrons. The van der Waals surface area contributed by atoms with Crippen molar-refractivity contribution in [2.45, 2.75) is 26.3 Å². The van der Waals surface area contributed by atoms with Crippen molar-refractivity contribution >= 4 is 0 Å². The van der Waals surface area contributed by atoms with Crippen LogP contribution < -0.4 is 10.5 Å². The van der Waals surface area contributed by atoms with Crippen LogP contribution in [0.15, 0.2) is 12.1 Å². The molecule has 0 fully saturated rings. The van der Waals surface area contributed by atoms with Gasteiger partial charge in [-0.15, -0.1) is 0 Å². The lowest BCUT2D eigenvalue weighted by atomic mass is 10.1. The van der Waals surface area contributed by atoms with Gasteiger partial charge >= 0.3 is 0 Å². The second-order valence-corrected chi connectivity index (χ2v) is 4.55. The van der Waals surface area contributed by atoms with E-state index in [2.05, 4.69) is 18.8 Å². The molecule has 1 heterocycles. The van der Waals surface area contributed by atoms with Gasteiger partial charge in [-0.05, 0) is 17.5 Å². The Balaban J connectivity index is 2.46. The first kappa shape index (κ1) is 15.9. The van der Waals surface area contributed by atoms with Crippen LogP contribution in [0.2, 0.25) is 0 Å². The minimum absolute atomic E-state index is 0.354. The van der Waals surface area contributed by atoms with Crippen LogP contribution in [0.1, 0.15) is 31.0 Å². The lowest BCUT2D eigenvalue weighted by Crippen LogP contribution is -2.11. The summed E-state index contributed by atoms with van der Waals surface area (Å²) in [5.41, 5.74) is 7.71. The largest absolute Gasteiger partial charge is 0.475 e. The van der Waals surface area contributed by atoms with Crippen molar-refractivity contribution in [1.29, 1.82) is 0 Å². The molecule has 1 rings (SSSR count). The number of methoxy groups -OCH3 is 1. The third-order valence-corrected chi connectivity index (χ3v) is 2.62. The lowest BCUT2D eigenvalue weighted by molar-refractivity contribution is 0.0536. The predicted octanol–water partition coefficient (Wildman–Crippen LogP) is 1.71. The maximum Gasteiger partial charge on any atom is 0.213 e. The second kappa shape index (κ2) is 8.85. The van der Waals surface area contributed by atoms with E-state index in [-0.39, 0.29) is 0 Å². The number of hydrogen-bond donors (Lipinski definition) is 1. The van der Waals surface area contributed by atoms with Crippen molar-refractivity contribution in [2.24, 2.45) is 5.73 Å². The zero-order chi connectivity index (χ0) is 14.1. The first-order valence-corrected chi connectivity index (χ1v) is 6.57. The molecule has 0 amide bonds. The van der Waals surface area contributed by atoms with E-state index in [1.54, 1.807) is 7.11 Å². The molecular formula is C14H24N2O3. The van der Waals surface area contributed by atoms with Crippen LogP contribution in [0, 0.1) is 0 Å². The van der Waals surface area contributed by atoms with Crippen LogP contribution in [-0.4, -0.2) is 38.5 Å². The number of nitrogens with two attached hydrogens (primary N) is 1. The number of rotatable bonds is 9. The van der Waals surface area contributed by atoms with Gasteiger partial charge in [-0.2, -0.15) is 0 Å². The van der Waals surface area contributed by atoms with Crippen LogP contribution in [0.4, 0.5) is 0 Å². The Hall–Kier alpha value is -1.17. The van der Waals surface area contributed by atoms with Crippen molar-refractivity contribution in [3.63, 3.8) is 0 Å². The van der Waals surface area contributed by atoms with Gasteiger partial charge in [-0.3, -0.25) is 0 Å². The molecule has 0 radical (unpaired) electrons. The van der Waals surface area contributed by atoms with Crippen LogP contribution in [-0.2, 0) is 16.0 Å². The molecule has 19 heavy (non-hydrogen) atoms. The minimum Gasteiger partial charge on any atom is -0.475 e. The normalized spacial score (nSPS) is 11.0. The predicted molar refractivity (Wildman–Crippen MR) is 74.4 cm³/mol. The fourth-order valence-electron chi connectivity index (χ4n) is 1.52. The second-order valence-electron chi connectivity index (χ2n) is 4.55. The van der Waals surface area contributed by atoms with E-state index >= 15 is 0 Å². The zero-order valence-electron chi connectivity index (χ0n) is 12.0. The summed E-state index contributed by atoms with van der Waals surface area (Å²) in [6.45, 7) is 6.85. The SMILES string of the molecule is COCCOCCOc1cc(CN)cc(C(C)C)n1. The van der Waals surface area contributed by atoms with E-state index in [9.17, 15) is 0 Å². The Labute approximate surface area is 115 Å². The molecule has 0 aliphatic rings. The van der Waals surface area contributed by atoms with Crippen molar-refractivity contribution < 1.29 is 14.2 Å². The molecule has 1 aromatic rings.